The molecule has 98 valence electrons. The zero-order valence-electron chi connectivity index (χ0n) is 11.1. The number of ether oxygens (including phenoxy) is 1. The number of rotatable bonds is 5. The van der Waals surface area contributed by atoms with Crippen molar-refractivity contribution in [3.8, 4) is 0 Å². The van der Waals surface area contributed by atoms with E-state index in [0.717, 1.165) is 5.56 Å². The summed E-state index contributed by atoms with van der Waals surface area (Å²) in [6.45, 7) is 2.49. The molecule has 1 unspecified atom stereocenters. The molecular formula is C17H18O2. The first-order chi connectivity index (χ1) is 9.25. The van der Waals surface area contributed by atoms with Crippen LogP contribution in [0.5, 0.6) is 0 Å². The van der Waals surface area contributed by atoms with Gasteiger partial charge in [-0.05, 0) is 11.1 Å². The maximum atomic E-state index is 11.7. The van der Waals surface area contributed by atoms with E-state index in [1.165, 1.54) is 5.56 Å². The Hall–Kier alpha value is -2.09. The minimum atomic E-state index is -0.172. The molecule has 0 fully saturated rings. The van der Waals surface area contributed by atoms with Gasteiger partial charge in [0.2, 0.25) is 0 Å². The molecular weight excluding hydrogens is 236 g/mol. The lowest BCUT2D eigenvalue weighted by atomic mass is 10.0. The van der Waals surface area contributed by atoms with Crippen molar-refractivity contribution in [3.05, 3.63) is 71.8 Å². The molecule has 0 aromatic heterocycles. The molecule has 2 nitrogen and oxygen atoms in total. The molecule has 0 saturated carbocycles. The molecule has 0 spiro atoms. The predicted molar refractivity (Wildman–Crippen MR) is 76.0 cm³/mol. The number of hydrogen-bond donors (Lipinski definition) is 0. The summed E-state index contributed by atoms with van der Waals surface area (Å²) in [5, 5.41) is 0. The average molecular weight is 254 g/mol. The minimum absolute atomic E-state index is 0.172. The van der Waals surface area contributed by atoms with Crippen LogP contribution < -0.4 is 0 Å². The maximum Gasteiger partial charge on any atom is 0.310 e. The molecule has 0 radical (unpaired) electrons. The van der Waals surface area contributed by atoms with Crippen molar-refractivity contribution in [2.24, 2.45) is 0 Å². The second kappa shape index (κ2) is 6.74. The molecule has 19 heavy (non-hydrogen) atoms. The first-order valence-corrected chi connectivity index (χ1v) is 6.50. The number of hydrogen-bond acceptors (Lipinski definition) is 2. The summed E-state index contributed by atoms with van der Waals surface area (Å²) in [6, 6.07) is 19.7. The lowest BCUT2D eigenvalue weighted by Crippen LogP contribution is -2.12. The van der Waals surface area contributed by atoms with E-state index < -0.39 is 0 Å². The molecule has 0 saturated heterocycles. The van der Waals surface area contributed by atoms with Crippen LogP contribution in [-0.4, -0.2) is 12.6 Å². The van der Waals surface area contributed by atoms with Crippen LogP contribution in [-0.2, 0) is 16.0 Å². The minimum Gasteiger partial charge on any atom is -0.465 e. The van der Waals surface area contributed by atoms with Crippen LogP contribution in [0.2, 0.25) is 0 Å². The van der Waals surface area contributed by atoms with E-state index in [1.54, 1.807) is 0 Å². The van der Waals surface area contributed by atoms with Crippen LogP contribution in [0.15, 0.2) is 60.7 Å². The smallest absolute Gasteiger partial charge is 0.310 e. The van der Waals surface area contributed by atoms with Gasteiger partial charge in [0, 0.05) is 5.92 Å². The van der Waals surface area contributed by atoms with Crippen LogP contribution in [0.1, 0.15) is 24.0 Å². The van der Waals surface area contributed by atoms with E-state index in [4.69, 9.17) is 4.74 Å². The highest BCUT2D eigenvalue weighted by atomic mass is 16.5. The van der Waals surface area contributed by atoms with E-state index in [1.807, 2.05) is 48.5 Å². The highest BCUT2D eigenvalue weighted by Gasteiger charge is 2.09. The van der Waals surface area contributed by atoms with E-state index >= 15 is 0 Å². The van der Waals surface area contributed by atoms with Gasteiger partial charge in [-0.15, -0.1) is 0 Å². The quantitative estimate of drug-likeness (QED) is 0.762. The summed E-state index contributed by atoms with van der Waals surface area (Å²) in [7, 11) is 0. The van der Waals surface area contributed by atoms with E-state index in [0.29, 0.717) is 13.0 Å². The van der Waals surface area contributed by atoms with Crippen LogP contribution in [0.4, 0.5) is 0 Å². The van der Waals surface area contributed by atoms with Gasteiger partial charge in [-0.3, -0.25) is 4.79 Å². The molecule has 2 heteroatoms. The van der Waals surface area contributed by atoms with E-state index in [2.05, 4.69) is 19.1 Å². The van der Waals surface area contributed by atoms with E-state index in [9.17, 15) is 4.79 Å². The van der Waals surface area contributed by atoms with Crippen molar-refractivity contribution in [2.45, 2.75) is 19.3 Å². The van der Waals surface area contributed by atoms with Gasteiger partial charge in [0.1, 0.15) is 0 Å². The van der Waals surface area contributed by atoms with Gasteiger partial charge in [-0.25, -0.2) is 0 Å². The second-order valence-electron chi connectivity index (χ2n) is 4.66. The first kappa shape index (κ1) is 13.3. The largest absolute Gasteiger partial charge is 0.465 e. The van der Waals surface area contributed by atoms with Gasteiger partial charge in [0.15, 0.2) is 0 Å². The topological polar surface area (TPSA) is 26.3 Å². The molecule has 0 aliphatic rings. The summed E-state index contributed by atoms with van der Waals surface area (Å²) in [6.07, 6.45) is 0.336. The fourth-order valence-electron chi connectivity index (χ4n) is 1.91. The Bertz CT molecular complexity index is 505. The zero-order chi connectivity index (χ0) is 13.5. The van der Waals surface area contributed by atoms with Crippen molar-refractivity contribution in [3.63, 3.8) is 0 Å². The Balaban J connectivity index is 1.81. The normalized spacial score (nSPS) is 11.8. The summed E-state index contributed by atoms with van der Waals surface area (Å²) in [4.78, 5) is 11.7. The van der Waals surface area contributed by atoms with Crippen LogP contribution in [0, 0.1) is 0 Å². The lowest BCUT2D eigenvalue weighted by Gasteiger charge is -2.12. The third-order valence-corrected chi connectivity index (χ3v) is 3.05. The summed E-state index contributed by atoms with van der Waals surface area (Å²) < 4.78 is 5.32. The van der Waals surface area contributed by atoms with Crippen molar-refractivity contribution in [2.75, 3.05) is 6.61 Å². The number of carbonyl (C=O) groups excluding carboxylic acids is 1. The second-order valence-corrected chi connectivity index (χ2v) is 4.66. The molecule has 0 amide bonds. The van der Waals surface area contributed by atoms with Gasteiger partial charge in [0.25, 0.3) is 0 Å². The fraction of sp³-hybridized carbons (Fsp3) is 0.235. The highest BCUT2D eigenvalue weighted by Crippen LogP contribution is 2.15. The van der Waals surface area contributed by atoms with Crippen molar-refractivity contribution in [1.82, 2.24) is 0 Å². The van der Waals surface area contributed by atoms with Crippen molar-refractivity contribution < 1.29 is 9.53 Å². The Kier molecular flexibility index (Phi) is 4.73. The lowest BCUT2D eigenvalue weighted by molar-refractivity contribution is -0.143. The number of benzene rings is 2. The molecule has 0 bridgehead atoms. The summed E-state index contributed by atoms with van der Waals surface area (Å²) in [5.74, 6) is 0.0508. The van der Waals surface area contributed by atoms with Crippen LogP contribution in [0.3, 0.4) is 0 Å². The zero-order valence-corrected chi connectivity index (χ0v) is 11.1. The molecule has 0 aliphatic heterocycles. The third-order valence-electron chi connectivity index (χ3n) is 3.05. The average Bonchev–Trinajstić information content (AvgIpc) is 2.47. The highest BCUT2D eigenvalue weighted by molar-refractivity contribution is 5.72. The maximum absolute atomic E-state index is 11.7. The molecule has 0 N–H and O–H groups in total. The van der Waals surface area contributed by atoms with E-state index in [-0.39, 0.29) is 11.9 Å². The molecule has 2 aromatic rings. The Morgan fingerprint density at radius 1 is 1.00 bits per heavy atom. The Labute approximate surface area is 114 Å². The van der Waals surface area contributed by atoms with Crippen molar-refractivity contribution >= 4 is 5.97 Å². The third kappa shape index (κ3) is 4.25. The SMILES string of the molecule is CC(COC(=O)Cc1ccccc1)c1ccccc1. The van der Waals surface area contributed by atoms with Crippen molar-refractivity contribution in [1.29, 1.82) is 0 Å². The fourth-order valence-corrected chi connectivity index (χ4v) is 1.91. The van der Waals surface area contributed by atoms with Gasteiger partial charge in [-0.2, -0.15) is 0 Å². The Morgan fingerprint density at radius 2 is 1.58 bits per heavy atom. The van der Waals surface area contributed by atoms with Gasteiger partial charge < -0.3 is 4.74 Å². The summed E-state index contributed by atoms with van der Waals surface area (Å²) >= 11 is 0. The standard InChI is InChI=1S/C17H18O2/c1-14(16-10-6-3-7-11-16)13-19-17(18)12-15-8-4-2-5-9-15/h2-11,14H,12-13H2,1H3. The van der Waals surface area contributed by atoms with Crippen LogP contribution >= 0.6 is 0 Å². The van der Waals surface area contributed by atoms with Gasteiger partial charge >= 0.3 is 5.97 Å². The van der Waals surface area contributed by atoms with Crippen LogP contribution in [0.25, 0.3) is 0 Å². The number of esters is 1. The molecule has 2 aromatic carbocycles. The van der Waals surface area contributed by atoms with Gasteiger partial charge in [-0.1, -0.05) is 67.6 Å². The summed E-state index contributed by atoms with van der Waals surface area (Å²) in [5.41, 5.74) is 2.18. The monoisotopic (exact) mass is 254 g/mol. The Morgan fingerprint density at radius 3 is 2.21 bits per heavy atom. The molecule has 2 rings (SSSR count). The molecule has 0 aliphatic carbocycles. The molecule has 0 heterocycles. The van der Waals surface area contributed by atoms with Gasteiger partial charge in [0.05, 0.1) is 13.0 Å². The number of carbonyl (C=O) groups is 1. The molecule has 1 atom stereocenters. The predicted octanol–water partition coefficient (Wildman–Crippen LogP) is 3.58. The first-order valence-electron chi connectivity index (χ1n) is 6.50.